The van der Waals surface area contributed by atoms with E-state index < -0.39 is 0 Å². The second kappa shape index (κ2) is 6.87. The van der Waals surface area contributed by atoms with Gasteiger partial charge in [0.2, 0.25) is 0 Å². The van der Waals surface area contributed by atoms with Crippen molar-refractivity contribution in [1.82, 2.24) is 19.0 Å². The van der Waals surface area contributed by atoms with Crippen LogP contribution in [-0.4, -0.2) is 38.0 Å². The molecule has 4 rings (SSSR count). The molecule has 0 aliphatic carbocycles. The van der Waals surface area contributed by atoms with Crippen molar-refractivity contribution in [2.24, 2.45) is 7.05 Å². The monoisotopic (exact) mass is 364 g/mol. The third-order valence-corrected chi connectivity index (χ3v) is 6.03. The van der Waals surface area contributed by atoms with Gasteiger partial charge in [-0.25, -0.2) is 4.98 Å². The maximum Gasteiger partial charge on any atom is 0.270 e. The maximum absolute atomic E-state index is 13.5. The van der Waals surface area contributed by atoms with E-state index in [0.717, 1.165) is 55.1 Å². The van der Waals surface area contributed by atoms with Crippen LogP contribution in [0.4, 0.5) is 0 Å². The minimum absolute atomic E-state index is 0.143. The van der Waals surface area contributed by atoms with E-state index in [1.807, 2.05) is 24.3 Å². The van der Waals surface area contributed by atoms with Crippen LogP contribution in [0.3, 0.4) is 0 Å². The van der Waals surface area contributed by atoms with Gasteiger partial charge in [0.05, 0.1) is 5.52 Å². The Hall–Kier alpha value is -2.56. The maximum atomic E-state index is 13.5. The lowest BCUT2D eigenvalue weighted by Gasteiger charge is -2.33. The van der Waals surface area contributed by atoms with E-state index in [9.17, 15) is 4.79 Å². The minimum atomic E-state index is 0.143. The summed E-state index contributed by atoms with van der Waals surface area (Å²) in [6.45, 7) is 8.80. The number of aromatic nitrogens is 3. The Labute approximate surface area is 160 Å². The molecule has 2 aromatic heterocycles. The van der Waals surface area contributed by atoms with E-state index in [-0.39, 0.29) is 5.91 Å². The highest BCUT2D eigenvalue weighted by Gasteiger charge is 2.30. The van der Waals surface area contributed by atoms with Gasteiger partial charge in [0.25, 0.3) is 5.91 Å². The van der Waals surface area contributed by atoms with Crippen molar-refractivity contribution in [3.8, 4) is 0 Å². The molecular weight excluding hydrogens is 336 g/mol. The summed E-state index contributed by atoms with van der Waals surface area (Å²) in [5.74, 6) is 1.57. The van der Waals surface area contributed by atoms with Crippen LogP contribution >= 0.6 is 0 Å². The fraction of sp³-hybridized carbons (Fsp3) is 0.455. The second-order valence-electron chi connectivity index (χ2n) is 7.67. The van der Waals surface area contributed by atoms with Crippen molar-refractivity contribution in [2.45, 2.75) is 46.1 Å². The molecule has 3 aromatic rings. The molecule has 1 fully saturated rings. The third kappa shape index (κ3) is 2.85. The predicted molar refractivity (Wildman–Crippen MR) is 108 cm³/mol. The molecule has 5 nitrogen and oxygen atoms in total. The number of hydrogen-bond acceptors (Lipinski definition) is 2. The largest absolute Gasteiger partial charge is 0.339 e. The fourth-order valence-electron chi connectivity index (χ4n) is 4.67. The number of fused-ring (bicyclic) bond motifs is 1. The van der Waals surface area contributed by atoms with Crippen LogP contribution in [0.5, 0.6) is 0 Å². The van der Waals surface area contributed by atoms with Gasteiger partial charge in [-0.2, -0.15) is 0 Å². The molecule has 27 heavy (non-hydrogen) atoms. The first-order chi connectivity index (χ1) is 13.0. The Morgan fingerprint density at radius 2 is 2.11 bits per heavy atom. The van der Waals surface area contributed by atoms with E-state index in [1.165, 1.54) is 10.9 Å². The smallest absolute Gasteiger partial charge is 0.270 e. The lowest BCUT2D eigenvalue weighted by molar-refractivity contribution is 0.0693. The number of rotatable bonds is 3. The lowest BCUT2D eigenvalue weighted by atomic mass is 9.96. The molecule has 0 saturated carbocycles. The summed E-state index contributed by atoms with van der Waals surface area (Å²) in [4.78, 5) is 20.1. The number of piperidine rings is 1. The standard InChI is InChI=1S/C22H28N4O/c1-5-25-13-11-23-21(25)17-9-7-12-26(14-17)22(27)20-16(3)18-10-6-8-15(2)19(18)24(20)4/h6,8,10-11,13,17H,5,7,9,12,14H2,1-4H3/t17-/m0/s1. The number of carbonyl (C=O) groups is 1. The molecule has 0 unspecified atom stereocenters. The molecule has 1 atom stereocenters. The van der Waals surface area contributed by atoms with Crippen LogP contribution in [-0.2, 0) is 13.6 Å². The van der Waals surface area contributed by atoms with Crippen LogP contribution in [0.15, 0.2) is 30.6 Å². The summed E-state index contributed by atoms with van der Waals surface area (Å²) < 4.78 is 4.28. The van der Waals surface area contributed by atoms with E-state index in [4.69, 9.17) is 0 Å². The highest BCUT2D eigenvalue weighted by Crippen LogP contribution is 2.31. The number of amides is 1. The van der Waals surface area contributed by atoms with Crippen molar-refractivity contribution >= 4 is 16.8 Å². The summed E-state index contributed by atoms with van der Waals surface area (Å²) >= 11 is 0. The van der Waals surface area contributed by atoms with Gasteiger partial charge in [-0.1, -0.05) is 18.2 Å². The van der Waals surface area contributed by atoms with Crippen LogP contribution in [0.1, 0.15) is 53.1 Å². The molecule has 1 aromatic carbocycles. The number of nitrogens with zero attached hydrogens (tertiary/aromatic N) is 4. The van der Waals surface area contributed by atoms with Crippen LogP contribution in [0.25, 0.3) is 10.9 Å². The van der Waals surface area contributed by atoms with E-state index in [0.29, 0.717) is 5.92 Å². The van der Waals surface area contributed by atoms with Gasteiger partial charge in [-0.05, 0) is 44.7 Å². The average Bonchev–Trinajstić information content (AvgIpc) is 3.25. The summed E-state index contributed by atoms with van der Waals surface area (Å²) in [6.07, 6.45) is 6.02. The normalized spacial score (nSPS) is 17.6. The highest BCUT2D eigenvalue weighted by atomic mass is 16.2. The zero-order valence-corrected chi connectivity index (χ0v) is 16.7. The number of aryl methyl sites for hydroxylation is 4. The molecule has 1 aliphatic heterocycles. The van der Waals surface area contributed by atoms with E-state index in [1.54, 1.807) is 0 Å². The first-order valence-corrected chi connectivity index (χ1v) is 9.87. The Morgan fingerprint density at radius 3 is 2.85 bits per heavy atom. The van der Waals surface area contributed by atoms with Gasteiger partial charge < -0.3 is 14.0 Å². The number of para-hydroxylation sites is 1. The quantitative estimate of drug-likeness (QED) is 0.704. The Balaban J connectivity index is 1.67. The molecule has 0 N–H and O–H groups in total. The highest BCUT2D eigenvalue weighted by molar-refractivity contribution is 6.02. The Morgan fingerprint density at radius 1 is 1.30 bits per heavy atom. The molecule has 3 heterocycles. The summed E-state index contributed by atoms with van der Waals surface area (Å²) in [5, 5.41) is 1.18. The van der Waals surface area contributed by atoms with Gasteiger partial charge in [0.15, 0.2) is 0 Å². The predicted octanol–water partition coefficient (Wildman–Crippen LogP) is 4.03. The Bertz CT molecular complexity index is 997. The Kier molecular flexibility index (Phi) is 4.54. The number of hydrogen-bond donors (Lipinski definition) is 0. The third-order valence-electron chi connectivity index (χ3n) is 6.03. The van der Waals surface area contributed by atoms with Gasteiger partial charge in [-0.3, -0.25) is 4.79 Å². The molecule has 0 spiro atoms. The van der Waals surface area contributed by atoms with Gasteiger partial charge in [0, 0.05) is 50.4 Å². The van der Waals surface area contributed by atoms with E-state index >= 15 is 0 Å². The van der Waals surface area contributed by atoms with Crippen LogP contribution < -0.4 is 0 Å². The van der Waals surface area contributed by atoms with Crippen LogP contribution in [0.2, 0.25) is 0 Å². The van der Waals surface area contributed by atoms with Crippen molar-refractivity contribution in [2.75, 3.05) is 13.1 Å². The zero-order valence-electron chi connectivity index (χ0n) is 16.7. The summed E-state index contributed by atoms with van der Waals surface area (Å²) in [7, 11) is 2.01. The lowest BCUT2D eigenvalue weighted by Crippen LogP contribution is -2.40. The number of benzene rings is 1. The van der Waals surface area contributed by atoms with Gasteiger partial charge in [-0.15, -0.1) is 0 Å². The second-order valence-corrected chi connectivity index (χ2v) is 7.67. The first kappa shape index (κ1) is 17.8. The van der Waals surface area contributed by atoms with Crippen molar-refractivity contribution < 1.29 is 4.79 Å². The summed E-state index contributed by atoms with van der Waals surface area (Å²) in [6, 6.07) is 6.30. The molecule has 5 heteroatoms. The number of likely N-dealkylation sites (tertiary alicyclic amines) is 1. The van der Waals surface area contributed by atoms with Gasteiger partial charge in [0.1, 0.15) is 11.5 Å². The molecule has 1 amide bonds. The summed E-state index contributed by atoms with van der Waals surface area (Å²) in [5.41, 5.74) is 4.27. The first-order valence-electron chi connectivity index (χ1n) is 9.87. The van der Waals surface area contributed by atoms with Crippen molar-refractivity contribution in [1.29, 1.82) is 0 Å². The van der Waals surface area contributed by atoms with Crippen molar-refractivity contribution in [3.05, 3.63) is 53.2 Å². The molecule has 0 radical (unpaired) electrons. The molecule has 1 aliphatic rings. The fourth-order valence-corrected chi connectivity index (χ4v) is 4.67. The number of carbonyl (C=O) groups excluding carboxylic acids is 1. The zero-order chi connectivity index (χ0) is 19.1. The minimum Gasteiger partial charge on any atom is -0.339 e. The molecule has 0 bridgehead atoms. The SMILES string of the molecule is CCn1ccnc1[C@H]1CCCN(C(=O)c2c(C)c3cccc(C)c3n2C)C1. The molecule has 142 valence electrons. The van der Waals surface area contributed by atoms with E-state index in [2.05, 4.69) is 53.1 Å². The molecule has 1 saturated heterocycles. The van der Waals surface area contributed by atoms with Gasteiger partial charge >= 0.3 is 0 Å². The van der Waals surface area contributed by atoms with Crippen molar-refractivity contribution in [3.63, 3.8) is 0 Å². The van der Waals surface area contributed by atoms with Crippen LogP contribution in [0, 0.1) is 13.8 Å². The number of imidazole rings is 1. The topological polar surface area (TPSA) is 43.1 Å². The molecular formula is C22H28N4O. The average molecular weight is 364 g/mol.